The predicted molar refractivity (Wildman–Crippen MR) is 117 cm³/mol. The minimum atomic E-state index is -0.608. The van der Waals surface area contributed by atoms with Crippen molar-refractivity contribution in [1.29, 1.82) is 0 Å². The van der Waals surface area contributed by atoms with Gasteiger partial charge in [-0.2, -0.15) is 0 Å². The van der Waals surface area contributed by atoms with Crippen LogP contribution in [0.25, 0.3) is 0 Å². The molecule has 2 saturated heterocycles. The number of nitrogens with one attached hydrogen (secondary N) is 1. The molecule has 2 fully saturated rings. The number of piperidine rings is 1. The number of likely N-dealkylation sites (tertiary alicyclic amines) is 1. The standard InChI is InChI=1S/C23H36N4O3/c1-16-6-4-5-7-20(16)21(25-23(24)29)12-22(28)27-10-8-19(9-11-27)15-26-13-17(2)30-18(3)14-26/h4-7,17-19,21H,8-15H2,1-3H3,(H3,24,25,29). The number of hydrogen-bond donors (Lipinski definition) is 2. The Morgan fingerprint density at radius 2 is 1.80 bits per heavy atom. The number of nitrogens with two attached hydrogens (primary N) is 1. The molecule has 3 unspecified atom stereocenters. The van der Waals surface area contributed by atoms with Crippen LogP contribution in [0, 0.1) is 12.8 Å². The van der Waals surface area contributed by atoms with Crippen molar-refractivity contribution < 1.29 is 14.3 Å². The highest BCUT2D eigenvalue weighted by molar-refractivity contribution is 5.79. The number of primary amides is 1. The van der Waals surface area contributed by atoms with Gasteiger partial charge in [0, 0.05) is 32.7 Å². The summed E-state index contributed by atoms with van der Waals surface area (Å²) in [6.45, 7) is 10.8. The van der Waals surface area contributed by atoms with Crippen LogP contribution in [0.5, 0.6) is 0 Å². The molecule has 0 aromatic heterocycles. The Morgan fingerprint density at radius 3 is 2.40 bits per heavy atom. The van der Waals surface area contributed by atoms with Crippen molar-refractivity contribution in [2.45, 2.75) is 58.3 Å². The van der Waals surface area contributed by atoms with Crippen LogP contribution >= 0.6 is 0 Å². The number of hydrogen-bond acceptors (Lipinski definition) is 4. The number of carbonyl (C=O) groups excluding carboxylic acids is 2. The quantitative estimate of drug-likeness (QED) is 0.746. The van der Waals surface area contributed by atoms with Gasteiger partial charge in [-0.25, -0.2) is 4.79 Å². The molecule has 30 heavy (non-hydrogen) atoms. The second-order valence-electron chi connectivity index (χ2n) is 8.92. The van der Waals surface area contributed by atoms with Crippen molar-refractivity contribution in [2.24, 2.45) is 11.7 Å². The Bertz CT molecular complexity index is 723. The minimum absolute atomic E-state index is 0.0732. The molecule has 0 bridgehead atoms. The van der Waals surface area contributed by atoms with E-state index in [0.717, 1.165) is 56.7 Å². The van der Waals surface area contributed by atoms with Gasteiger partial charge in [-0.15, -0.1) is 0 Å². The maximum absolute atomic E-state index is 13.0. The molecule has 2 aliphatic heterocycles. The lowest BCUT2D eigenvalue weighted by atomic mass is 9.94. The summed E-state index contributed by atoms with van der Waals surface area (Å²) in [5.41, 5.74) is 7.35. The minimum Gasteiger partial charge on any atom is -0.373 e. The van der Waals surface area contributed by atoms with Crippen molar-refractivity contribution in [3.8, 4) is 0 Å². The molecule has 3 N–H and O–H groups in total. The first kappa shape index (κ1) is 22.6. The van der Waals surface area contributed by atoms with Gasteiger partial charge in [0.2, 0.25) is 5.91 Å². The molecular weight excluding hydrogens is 380 g/mol. The molecule has 1 aromatic carbocycles. The fraction of sp³-hybridized carbons (Fsp3) is 0.652. The Labute approximate surface area is 179 Å². The van der Waals surface area contributed by atoms with Gasteiger partial charge < -0.3 is 20.7 Å². The molecule has 2 heterocycles. The molecule has 0 spiro atoms. The van der Waals surface area contributed by atoms with E-state index in [1.165, 1.54) is 0 Å². The number of carbonyl (C=O) groups is 2. The Kier molecular flexibility index (Phi) is 7.72. The van der Waals surface area contributed by atoms with Crippen molar-refractivity contribution in [1.82, 2.24) is 15.1 Å². The third-order valence-electron chi connectivity index (χ3n) is 6.24. The molecule has 166 valence electrons. The molecule has 3 atom stereocenters. The van der Waals surface area contributed by atoms with Crippen LogP contribution in [0.2, 0.25) is 0 Å². The van der Waals surface area contributed by atoms with Crippen LogP contribution in [-0.2, 0) is 9.53 Å². The SMILES string of the molecule is Cc1ccccc1C(CC(=O)N1CCC(CN2CC(C)OC(C)C2)CC1)NC(N)=O. The Morgan fingerprint density at radius 1 is 1.17 bits per heavy atom. The van der Waals surface area contributed by atoms with Crippen LogP contribution < -0.4 is 11.1 Å². The summed E-state index contributed by atoms with van der Waals surface area (Å²) in [4.78, 5) is 28.9. The number of amides is 3. The third-order valence-corrected chi connectivity index (χ3v) is 6.24. The lowest BCUT2D eigenvalue weighted by molar-refractivity contribution is -0.133. The highest BCUT2D eigenvalue weighted by Crippen LogP contribution is 2.25. The average molecular weight is 417 g/mol. The van der Waals surface area contributed by atoms with Crippen LogP contribution in [0.4, 0.5) is 4.79 Å². The number of benzene rings is 1. The summed E-state index contributed by atoms with van der Waals surface area (Å²) in [7, 11) is 0. The second kappa shape index (κ2) is 10.3. The first-order valence-electron chi connectivity index (χ1n) is 11.1. The van der Waals surface area contributed by atoms with Crippen molar-refractivity contribution in [3.05, 3.63) is 35.4 Å². The normalized spacial score (nSPS) is 24.4. The number of urea groups is 1. The summed E-state index contributed by atoms with van der Waals surface area (Å²) in [5.74, 6) is 0.687. The van der Waals surface area contributed by atoms with Gasteiger partial charge in [0.15, 0.2) is 0 Å². The van der Waals surface area contributed by atoms with Gasteiger partial charge in [-0.3, -0.25) is 9.69 Å². The van der Waals surface area contributed by atoms with Crippen molar-refractivity contribution >= 4 is 11.9 Å². The second-order valence-corrected chi connectivity index (χ2v) is 8.92. The van der Waals surface area contributed by atoms with Gasteiger partial charge in [-0.05, 0) is 50.7 Å². The molecule has 0 aliphatic carbocycles. The summed E-state index contributed by atoms with van der Waals surface area (Å²) in [6.07, 6.45) is 2.84. The fourth-order valence-electron chi connectivity index (χ4n) is 4.86. The van der Waals surface area contributed by atoms with Gasteiger partial charge in [0.1, 0.15) is 0 Å². The van der Waals surface area contributed by atoms with E-state index in [0.29, 0.717) is 5.92 Å². The van der Waals surface area contributed by atoms with E-state index in [2.05, 4.69) is 24.1 Å². The lowest BCUT2D eigenvalue weighted by Crippen LogP contribution is -2.49. The van der Waals surface area contributed by atoms with Crippen LogP contribution in [0.15, 0.2) is 24.3 Å². The monoisotopic (exact) mass is 416 g/mol. The molecular formula is C23H36N4O3. The molecule has 0 radical (unpaired) electrons. The molecule has 3 amide bonds. The lowest BCUT2D eigenvalue weighted by Gasteiger charge is -2.39. The summed E-state index contributed by atoms with van der Waals surface area (Å²) >= 11 is 0. The average Bonchev–Trinajstić information content (AvgIpc) is 2.67. The summed E-state index contributed by atoms with van der Waals surface area (Å²) in [6, 6.07) is 6.78. The van der Waals surface area contributed by atoms with Gasteiger partial charge in [0.25, 0.3) is 0 Å². The zero-order chi connectivity index (χ0) is 21.7. The molecule has 7 heteroatoms. The van der Waals surface area contributed by atoms with E-state index in [1.807, 2.05) is 36.1 Å². The van der Waals surface area contributed by atoms with E-state index in [-0.39, 0.29) is 24.5 Å². The number of rotatable bonds is 6. The van der Waals surface area contributed by atoms with Crippen LogP contribution in [0.1, 0.15) is 50.3 Å². The third kappa shape index (κ3) is 6.19. The fourth-order valence-corrected chi connectivity index (χ4v) is 4.86. The highest BCUT2D eigenvalue weighted by Gasteiger charge is 2.29. The first-order chi connectivity index (χ1) is 14.3. The number of morpholine rings is 1. The zero-order valence-corrected chi connectivity index (χ0v) is 18.5. The molecule has 3 rings (SSSR count). The number of aryl methyl sites for hydroxylation is 1. The van der Waals surface area contributed by atoms with Gasteiger partial charge in [-0.1, -0.05) is 24.3 Å². The summed E-state index contributed by atoms with van der Waals surface area (Å²) < 4.78 is 5.83. The molecule has 7 nitrogen and oxygen atoms in total. The molecule has 2 aliphatic rings. The first-order valence-corrected chi connectivity index (χ1v) is 11.1. The van der Waals surface area contributed by atoms with E-state index in [4.69, 9.17) is 10.5 Å². The maximum atomic E-state index is 13.0. The highest BCUT2D eigenvalue weighted by atomic mass is 16.5. The van der Waals surface area contributed by atoms with Gasteiger partial charge in [0.05, 0.1) is 24.7 Å². The molecule has 1 aromatic rings. The Balaban J connectivity index is 1.52. The van der Waals surface area contributed by atoms with Crippen LogP contribution in [0.3, 0.4) is 0 Å². The van der Waals surface area contributed by atoms with E-state index in [1.54, 1.807) is 0 Å². The zero-order valence-electron chi connectivity index (χ0n) is 18.5. The van der Waals surface area contributed by atoms with Crippen LogP contribution in [-0.4, -0.2) is 66.7 Å². The summed E-state index contributed by atoms with van der Waals surface area (Å²) in [5, 5.41) is 2.75. The van der Waals surface area contributed by atoms with Crippen molar-refractivity contribution in [3.63, 3.8) is 0 Å². The predicted octanol–water partition coefficient (Wildman–Crippen LogP) is 2.44. The smallest absolute Gasteiger partial charge is 0.312 e. The maximum Gasteiger partial charge on any atom is 0.312 e. The van der Waals surface area contributed by atoms with E-state index >= 15 is 0 Å². The van der Waals surface area contributed by atoms with Crippen molar-refractivity contribution in [2.75, 3.05) is 32.7 Å². The topological polar surface area (TPSA) is 87.9 Å². The number of nitrogens with zero attached hydrogens (tertiary/aromatic N) is 2. The van der Waals surface area contributed by atoms with E-state index < -0.39 is 12.1 Å². The largest absolute Gasteiger partial charge is 0.373 e. The van der Waals surface area contributed by atoms with E-state index in [9.17, 15) is 9.59 Å². The van der Waals surface area contributed by atoms with Gasteiger partial charge >= 0.3 is 6.03 Å². The number of ether oxygens (including phenoxy) is 1. The Hall–Kier alpha value is -2.12. The molecule has 0 saturated carbocycles.